The molecular weight excluding hydrogens is 246 g/mol. The van der Waals surface area contributed by atoms with E-state index in [-0.39, 0.29) is 5.97 Å². The van der Waals surface area contributed by atoms with Gasteiger partial charge in [-0.3, -0.25) is 4.79 Å². The van der Waals surface area contributed by atoms with Gasteiger partial charge < -0.3 is 19.9 Å². The number of carbonyl (C=O) groups is 1. The van der Waals surface area contributed by atoms with Gasteiger partial charge in [-0.05, 0) is 31.0 Å². The maximum Gasteiger partial charge on any atom is 0.305 e. The minimum atomic E-state index is -0.226. The van der Waals surface area contributed by atoms with Crippen LogP contribution in [0.25, 0.3) is 0 Å². The second-order valence-corrected chi connectivity index (χ2v) is 4.04. The van der Waals surface area contributed by atoms with Gasteiger partial charge in [-0.25, -0.2) is 0 Å². The van der Waals surface area contributed by atoms with Crippen LogP contribution >= 0.6 is 0 Å². The Morgan fingerprint density at radius 3 is 2.74 bits per heavy atom. The van der Waals surface area contributed by atoms with Crippen molar-refractivity contribution < 1.29 is 19.0 Å². The summed E-state index contributed by atoms with van der Waals surface area (Å²) in [7, 11) is 2.99. The fourth-order valence-electron chi connectivity index (χ4n) is 1.66. The predicted molar refractivity (Wildman–Crippen MR) is 72.5 cm³/mol. The van der Waals surface area contributed by atoms with Gasteiger partial charge in [0.15, 0.2) is 0 Å². The molecule has 0 atom stereocenters. The third-order valence-electron chi connectivity index (χ3n) is 2.70. The molecule has 0 unspecified atom stereocenters. The molecule has 0 aliphatic carbocycles. The normalized spacial score (nSPS) is 10.1. The summed E-state index contributed by atoms with van der Waals surface area (Å²) in [5.74, 6) is 1.27. The first-order chi connectivity index (χ1) is 9.21. The molecule has 1 rings (SSSR count). The topological polar surface area (TPSA) is 70.8 Å². The molecule has 0 bridgehead atoms. The Labute approximate surface area is 113 Å². The summed E-state index contributed by atoms with van der Waals surface area (Å²) in [5, 5.41) is 0. The van der Waals surface area contributed by atoms with Gasteiger partial charge in [0.05, 0.1) is 20.8 Å². The Hall–Kier alpha value is -1.75. The number of rotatable bonds is 8. The molecule has 0 aromatic heterocycles. The van der Waals surface area contributed by atoms with E-state index in [1.165, 1.54) is 7.11 Å². The van der Waals surface area contributed by atoms with Crippen molar-refractivity contribution in [3.05, 3.63) is 23.8 Å². The molecule has 0 aliphatic heterocycles. The smallest absolute Gasteiger partial charge is 0.305 e. The van der Waals surface area contributed by atoms with Gasteiger partial charge in [0.25, 0.3) is 0 Å². The number of ether oxygens (including phenoxy) is 3. The van der Waals surface area contributed by atoms with Gasteiger partial charge in [-0.15, -0.1) is 0 Å². The SMILES string of the molecule is COC(=O)CCCOc1cc(OC)ccc1CCN. The molecule has 1 aromatic rings. The van der Waals surface area contributed by atoms with Gasteiger partial charge >= 0.3 is 5.97 Å². The van der Waals surface area contributed by atoms with Crippen molar-refractivity contribution >= 4 is 5.97 Å². The summed E-state index contributed by atoms with van der Waals surface area (Å²) in [6, 6.07) is 5.66. The zero-order valence-corrected chi connectivity index (χ0v) is 11.5. The van der Waals surface area contributed by atoms with Crippen molar-refractivity contribution in [3.63, 3.8) is 0 Å². The van der Waals surface area contributed by atoms with Crippen LogP contribution in [0.4, 0.5) is 0 Å². The van der Waals surface area contributed by atoms with Gasteiger partial charge in [0, 0.05) is 12.5 Å². The number of carbonyl (C=O) groups excluding carboxylic acids is 1. The van der Waals surface area contributed by atoms with Crippen LogP contribution in [0.3, 0.4) is 0 Å². The van der Waals surface area contributed by atoms with Crippen LogP contribution in [0, 0.1) is 0 Å². The van der Waals surface area contributed by atoms with Crippen LogP contribution in [0.15, 0.2) is 18.2 Å². The summed E-state index contributed by atoms with van der Waals surface area (Å²) < 4.78 is 15.4. The highest BCUT2D eigenvalue weighted by Crippen LogP contribution is 2.25. The first kappa shape index (κ1) is 15.3. The van der Waals surface area contributed by atoms with E-state index in [0.717, 1.165) is 23.5 Å². The molecule has 106 valence electrons. The van der Waals surface area contributed by atoms with E-state index in [0.29, 0.717) is 26.0 Å². The van der Waals surface area contributed by atoms with Crippen molar-refractivity contribution in [2.45, 2.75) is 19.3 Å². The lowest BCUT2D eigenvalue weighted by Gasteiger charge is -2.12. The average molecular weight is 267 g/mol. The Kier molecular flexibility index (Phi) is 6.74. The second kappa shape index (κ2) is 8.37. The first-order valence-corrected chi connectivity index (χ1v) is 6.28. The molecule has 0 amide bonds. The summed E-state index contributed by atoms with van der Waals surface area (Å²) in [4.78, 5) is 11.0. The lowest BCUT2D eigenvalue weighted by molar-refractivity contribution is -0.140. The van der Waals surface area contributed by atoms with Crippen molar-refractivity contribution in [1.82, 2.24) is 0 Å². The number of nitrogens with two attached hydrogens (primary N) is 1. The van der Waals surface area contributed by atoms with Crippen molar-refractivity contribution in [3.8, 4) is 11.5 Å². The van der Waals surface area contributed by atoms with E-state index in [1.807, 2.05) is 18.2 Å². The Morgan fingerprint density at radius 1 is 1.32 bits per heavy atom. The molecule has 5 nitrogen and oxygen atoms in total. The molecule has 1 aromatic carbocycles. The monoisotopic (exact) mass is 267 g/mol. The van der Waals surface area contributed by atoms with Crippen molar-refractivity contribution in [1.29, 1.82) is 0 Å². The van der Waals surface area contributed by atoms with Crippen LogP contribution < -0.4 is 15.2 Å². The lowest BCUT2D eigenvalue weighted by Crippen LogP contribution is -2.08. The Morgan fingerprint density at radius 2 is 2.11 bits per heavy atom. The minimum absolute atomic E-state index is 0.226. The number of benzene rings is 1. The molecule has 0 fully saturated rings. The highest BCUT2D eigenvalue weighted by Gasteiger charge is 2.06. The first-order valence-electron chi connectivity index (χ1n) is 6.28. The van der Waals surface area contributed by atoms with E-state index in [4.69, 9.17) is 15.2 Å². The third kappa shape index (κ3) is 5.18. The predicted octanol–water partition coefficient (Wildman–Crippen LogP) is 1.53. The second-order valence-electron chi connectivity index (χ2n) is 4.04. The molecule has 0 radical (unpaired) electrons. The number of esters is 1. The fraction of sp³-hybridized carbons (Fsp3) is 0.500. The maximum absolute atomic E-state index is 11.0. The molecule has 0 spiro atoms. The molecule has 0 saturated carbocycles. The van der Waals surface area contributed by atoms with Crippen LogP contribution in [-0.2, 0) is 16.0 Å². The Balaban J connectivity index is 2.56. The largest absolute Gasteiger partial charge is 0.497 e. The van der Waals surface area contributed by atoms with Gasteiger partial charge in [-0.2, -0.15) is 0 Å². The van der Waals surface area contributed by atoms with E-state index in [9.17, 15) is 4.79 Å². The van der Waals surface area contributed by atoms with Gasteiger partial charge in [0.1, 0.15) is 11.5 Å². The zero-order chi connectivity index (χ0) is 14.1. The summed E-state index contributed by atoms with van der Waals surface area (Å²) >= 11 is 0. The van der Waals surface area contributed by atoms with E-state index >= 15 is 0 Å². The zero-order valence-electron chi connectivity index (χ0n) is 11.5. The van der Waals surface area contributed by atoms with E-state index in [1.54, 1.807) is 7.11 Å². The van der Waals surface area contributed by atoms with Crippen LogP contribution in [0.5, 0.6) is 11.5 Å². The molecule has 0 aliphatic rings. The molecule has 5 heteroatoms. The average Bonchev–Trinajstić information content (AvgIpc) is 2.44. The molecule has 0 heterocycles. The van der Waals surface area contributed by atoms with Gasteiger partial charge in [-0.1, -0.05) is 6.07 Å². The molecular formula is C14H21NO4. The van der Waals surface area contributed by atoms with E-state index < -0.39 is 0 Å². The van der Waals surface area contributed by atoms with E-state index in [2.05, 4.69) is 4.74 Å². The summed E-state index contributed by atoms with van der Waals surface area (Å²) in [6.07, 6.45) is 1.72. The highest BCUT2D eigenvalue weighted by atomic mass is 16.5. The van der Waals surface area contributed by atoms with Crippen LogP contribution in [-0.4, -0.2) is 33.3 Å². The standard InChI is InChI=1S/C14H21NO4/c1-17-12-6-5-11(7-8-15)13(10-12)19-9-3-4-14(16)18-2/h5-6,10H,3-4,7-9,15H2,1-2H3. The molecule has 2 N–H and O–H groups in total. The minimum Gasteiger partial charge on any atom is -0.497 e. The van der Waals surface area contributed by atoms with Crippen molar-refractivity contribution in [2.24, 2.45) is 5.73 Å². The molecule has 19 heavy (non-hydrogen) atoms. The third-order valence-corrected chi connectivity index (χ3v) is 2.70. The molecule has 0 saturated heterocycles. The van der Waals surface area contributed by atoms with Crippen LogP contribution in [0.1, 0.15) is 18.4 Å². The summed E-state index contributed by atoms with van der Waals surface area (Å²) in [5.41, 5.74) is 6.61. The number of hydrogen-bond donors (Lipinski definition) is 1. The fourth-order valence-corrected chi connectivity index (χ4v) is 1.66. The lowest BCUT2D eigenvalue weighted by atomic mass is 10.1. The van der Waals surface area contributed by atoms with Crippen molar-refractivity contribution in [2.75, 3.05) is 27.4 Å². The Bertz CT molecular complexity index is 406. The quantitative estimate of drug-likeness (QED) is 0.571. The maximum atomic E-state index is 11.0. The highest BCUT2D eigenvalue weighted by molar-refractivity contribution is 5.69. The van der Waals surface area contributed by atoms with Crippen LogP contribution in [0.2, 0.25) is 0 Å². The van der Waals surface area contributed by atoms with Gasteiger partial charge in [0.2, 0.25) is 0 Å². The number of methoxy groups -OCH3 is 2. The summed E-state index contributed by atoms with van der Waals surface area (Å²) in [6.45, 7) is 1.02. The number of hydrogen-bond acceptors (Lipinski definition) is 5.